The fourth-order valence-corrected chi connectivity index (χ4v) is 1.34. The van der Waals surface area contributed by atoms with Crippen molar-refractivity contribution in [1.82, 2.24) is 0 Å². The third-order valence-electron chi connectivity index (χ3n) is 1.29. The predicted octanol–water partition coefficient (Wildman–Crippen LogP) is 2.26. The molecule has 0 aromatic heterocycles. The van der Waals surface area contributed by atoms with E-state index in [1.54, 1.807) is 17.8 Å². The van der Waals surface area contributed by atoms with E-state index in [1.807, 2.05) is 24.5 Å². The van der Waals surface area contributed by atoms with E-state index in [1.165, 1.54) is 0 Å². The average Bonchev–Trinajstić information content (AvgIpc) is 1.94. The largest absolute Gasteiger partial charge is 0.508 e. The van der Waals surface area contributed by atoms with Gasteiger partial charge in [0.05, 0.1) is 0 Å². The summed E-state index contributed by atoms with van der Waals surface area (Å²) in [5.74, 6) is 1.28. The quantitative estimate of drug-likeness (QED) is 0.705. The fraction of sp³-hybridized carbons (Fsp3) is 0.250. The van der Waals surface area contributed by atoms with Gasteiger partial charge in [0, 0.05) is 11.3 Å². The van der Waals surface area contributed by atoms with Crippen molar-refractivity contribution in [2.45, 2.75) is 5.75 Å². The molecule has 0 aliphatic carbocycles. The summed E-state index contributed by atoms with van der Waals surface area (Å²) in [5, 5.41) is 9.23. The molecule has 1 aromatic rings. The van der Waals surface area contributed by atoms with Crippen LogP contribution in [0.5, 0.6) is 5.75 Å². The van der Waals surface area contributed by atoms with E-state index >= 15 is 0 Å². The Balaban J connectivity index is 2.81. The molecule has 0 amide bonds. The zero-order valence-electron chi connectivity index (χ0n) is 5.87. The van der Waals surface area contributed by atoms with Crippen molar-refractivity contribution in [3.63, 3.8) is 0 Å². The molecular formula is C8H10OS. The van der Waals surface area contributed by atoms with Crippen molar-refractivity contribution < 1.29 is 5.11 Å². The molecule has 1 aromatic carbocycles. The first-order valence-corrected chi connectivity index (χ1v) is 4.50. The maximum Gasteiger partial charge on any atom is 0.119 e. The van der Waals surface area contributed by atoms with Crippen LogP contribution in [0.15, 0.2) is 24.3 Å². The lowest BCUT2D eigenvalue weighted by Crippen LogP contribution is -1.78. The summed E-state index contributed by atoms with van der Waals surface area (Å²) in [6.45, 7) is 0. The third kappa shape index (κ3) is 1.67. The Kier molecular flexibility index (Phi) is 2.63. The van der Waals surface area contributed by atoms with E-state index < -0.39 is 0 Å². The first-order valence-electron chi connectivity index (χ1n) is 3.10. The van der Waals surface area contributed by atoms with Gasteiger partial charge in [0.1, 0.15) is 5.75 Å². The second-order valence-electron chi connectivity index (χ2n) is 2.06. The molecule has 54 valence electrons. The second-order valence-corrected chi connectivity index (χ2v) is 2.93. The first-order chi connectivity index (χ1) is 4.84. The molecule has 0 fully saturated rings. The molecule has 0 spiro atoms. The lowest BCUT2D eigenvalue weighted by molar-refractivity contribution is 0.470. The maximum atomic E-state index is 9.23. The summed E-state index contributed by atoms with van der Waals surface area (Å²) < 4.78 is 0. The van der Waals surface area contributed by atoms with E-state index in [9.17, 15) is 5.11 Å². The summed E-state index contributed by atoms with van der Waals surface area (Å²) in [5.41, 5.74) is 1.01. The zero-order chi connectivity index (χ0) is 7.40. The molecule has 0 heterocycles. The maximum absolute atomic E-state index is 9.23. The molecule has 0 bridgehead atoms. The number of thioether (sulfide) groups is 1. The van der Waals surface area contributed by atoms with Crippen LogP contribution in [0.2, 0.25) is 0 Å². The summed E-state index contributed by atoms with van der Waals surface area (Å²) in [4.78, 5) is 0. The predicted molar refractivity (Wildman–Crippen MR) is 45.3 cm³/mol. The number of hydrogen-bond donors (Lipinski definition) is 1. The highest BCUT2D eigenvalue weighted by molar-refractivity contribution is 7.97. The van der Waals surface area contributed by atoms with Crippen molar-refractivity contribution in [3.8, 4) is 5.75 Å². The van der Waals surface area contributed by atoms with Crippen LogP contribution in [0.4, 0.5) is 0 Å². The molecule has 1 nitrogen and oxygen atoms in total. The van der Waals surface area contributed by atoms with Gasteiger partial charge in [-0.1, -0.05) is 18.2 Å². The first kappa shape index (κ1) is 7.48. The van der Waals surface area contributed by atoms with Crippen LogP contribution in [0.1, 0.15) is 5.56 Å². The van der Waals surface area contributed by atoms with Crippen molar-refractivity contribution in [3.05, 3.63) is 29.8 Å². The Morgan fingerprint density at radius 2 is 2.10 bits per heavy atom. The number of para-hydroxylation sites is 1. The highest BCUT2D eigenvalue weighted by Gasteiger charge is 1.95. The topological polar surface area (TPSA) is 20.2 Å². The number of phenols is 1. The minimum absolute atomic E-state index is 0.400. The second kappa shape index (κ2) is 3.52. The summed E-state index contributed by atoms with van der Waals surface area (Å²) in [6.07, 6.45) is 2.02. The van der Waals surface area contributed by atoms with Gasteiger partial charge in [-0.05, 0) is 12.3 Å². The van der Waals surface area contributed by atoms with Gasteiger partial charge in [-0.15, -0.1) is 0 Å². The third-order valence-corrected chi connectivity index (χ3v) is 1.89. The zero-order valence-corrected chi connectivity index (χ0v) is 6.69. The molecule has 0 radical (unpaired) electrons. The molecule has 0 atom stereocenters. The molecule has 2 heteroatoms. The summed E-state index contributed by atoms with van der Waals surface area (Å²) >= 11 is 1.71. The lowest BCUT2D eigenvalue weighted by Gasteiger charge is -1.99. The van der Waals surface area contributed by atoms with Crippen LogP contribution in [0, 0.1) is 0 Å². The van der Waals surface area contributed by atoms with Crippen LogP contribution >= 0.6 is 11.8 Å². The van der Waals surface area contributed by atoms with E-state index in [-0.39, 0.29) is 0 Å². The number of benzene rings is 1. The highest BCUT2D eigenvalue weighted by Crippen LogP contribution is 2.19. The average molecular weight is 154 g/mol. The molecule has 1 N–H and O–H groups in total. The van der Waals surface area contributed by atoms with Gasteiger partial charge in [0.2, 0.25) is 0 Å². The van der Waals surface area contributed by atoms with Crippen molar-refractivity contribution in [2.24, 2.45) is 0 Å². The molecule has 10 heavy (non-hydrogen) atoms. The van der Waals surface area contributed by atoms with Gasteiger partial charge in [-0.3, -0.25) is 0 Å². The van der Waals surface area contributed by atoms with Crippen molar-refractivity contribution >= 4 is 11.8 Å². The highest BCUT2D eigenvalue weighted by atomic mass is 32.2. The molecule has 1 rings (SSSR count). The minimum Gasteiger partial charge on any atom is -0.508 e. The van der Waals surface area contributed by atoms with Gasteiger partial charge < -0.3 is 5.11 Å². The number of phenolic OH excluding ortho intramolecular Hbond substituents is 1. The Bertz CT molecular complexity index is 210. The van der Waals surface area contributed by atoms with E-state index in [4.69, 9.17) is 0 Å². The SMILES string of the molecule is CSCc1ccccc1O. The smallest absolute Gasteiger partial charge is 0.119 e. The monoisotopic (exact) mass is 154 g/mol. The van der Waals surface area contributed by atoms with E-state index in [0.29, 0.717) is 5.75 Å². The Labute approximate surface area is 65.1 Å². The minimum atomic E-state index is 0.400. The van der Waals surface area contributed by atoms with Crippen LogP contribution in [-0.2, 0) is 5.75 Å². The van der Waals surface area contributed by atoms with E-state index in [2.05, 4.69) is 0 Å². The fourth-order valence-electron chi connectivity index (χ4n) is 0.788. The normalized spacial score (nSPS) is 9.70. The standard InChI is InChI=1S/C8H10OS/c1-10-6-7-4-2-3-5-8(7)9/h2-5,9H,6H2,1H3. The van der Waals surface area contributed by atoms with Gasteiger partial charge in [-0.2, -0.15) is 11.8 Å². The van der Waals surface area contributed by atoms with E-state index in [0.717, 1.165) is 11.3 Å². The van der Waals surface area contributed by atoms with Crippen LogP contribution < -0.4 is 0 Å². The molecule has 0 saturated carbocycles. The number of aromatic hydroxyl groups is 1. The van der Waals surface area contributed by atoms with Gasteiger partial charge in [0.25, 0.3) is 0 Å². The van der Waals surface area contributed by atoms with Crippen molar-refractivity contribution in [1.29, 1.82) is 0 Å². The van der Waals surface area contributed by atoms with Gasteiger partial charge in [0.15, 0.2) is 0 Å². The molecule has 0 unspecified atom stereocenters. The molecule has 0 aliphatic heterocycles. The molecule has 0 aliphatic rings. The Morgan fingerprint density at radius 3 is 2.70 bits per heavy atom. The van der Waals surface area contributed by atoms with Crippen LogP contribution in [0.25, 0.3) is 0 Å². The summed E-state index contributed by atoms with van der Waals surface area (Å²) in [6, 6.07) is 7.42. The van der Waals surface area contributed by atoms with Crippen LogP contribution in [0.3, 0.4) is 0 Å². The number of hydrogen-bond acceptors (Lipinski definition) is 2. The number of rotatable bonds is 2. The molecular weight excluding hydrogens is 144 g/mol. The Morgan fingerprint density at radius 1 is 1.40 bits per heavy atom. The van der Waals surface area contributed by atoms with Gasteiger partial charge >= 0.3 is 0 Å². The lowest BCUT2D eigenvalue weighted by atomic mass is 10.2. The van der Waals surface area contributed by atoms with Crippen molar-refractivity contribution in [2.75, 3.05) is 6.26 Å². The van der Waals surface area contributed by atoms with Crippen LogP contribution in [-0.4, -0.2) is 11.4 Å². The summed E-state index contributed by atoms with van der Waals surface area (Å²) in [7, 11) is 0. The molecule has 0 saturated heterocycles. The van der Waals surface area contributed by atoms with Gasteiger partial charge in [-0.25, -0.2) is 0 Å². The Hall–Kier alpha value is -0.630.